The number of carbonyl (C=O) groups excluding carboxylic acids is 4. The molecule has 0 saturated heterocycles. The maximum absolute atomic E-state index is 8.89. The molecule has 0 aromatic rings. The van der Waals surface area contributed by atoms with Crippen LogP contribution in [0.5, 0.6) is 0 Å². The summed E-state index contributed by atoms with van der Waals surface area (Å²) in [5.41, 5.74) is 0. The molecule has 0 spiro atoms. The fraction of sp³-hybridized carbons (Fsp3) is 0.500. The van der Waals surface area contributed by atoms with Gasteiger partial charge in [0.2, 0.25) is 0 Å². The first-order valence-corrected chi connectivity index (χ1v) is 3.63. The number of carboxylic acid groups (broad SMARTS) is 4. The van der Waals surface area contributed by atoms with Crippen molar-refractivity contribution in [2.45, 2.75) is 27.7 Å². The molecule has 0 N–H and O–H groups in total. The third kappa shape index (κ3) is 89400. The number of hydrogen-bond donors (Lipinski definition) is 0. The summed E-state index contributed by atoms with van der Waals surface area (Å²) in [6.45, 7) is 3.89. The van der Waals surface area contributed by atoms with Crippen LogP contribution in [0.2, 0.25) is 0 Å². The molecule has 1 radical (unpaired) electrons. The molecule has 10 heteroatoms. The van der Waals surface area contributed by atoms with Crippen molar-refractivity contribution in [2.75, 3.05) is 0 Å². The van der Waals surface area contributed by atoms with Crippen molar-refractivity contribution in [1.82, 2.24) is 0 Å². The molecule has 0 rings (SSSR count). The van der Waals surface area contributed by atoms with Crippen LogP contribution in [0.15, 0.2) is 0 Å². The first-order chi connectivity index (χ1) is 6.93. The van der Waals surface area contributed by atoms with Gasteiger partial charge in [-0.05, 0) is 27.7 Å². The Hall–Kier alpha value is 0.205. The fourth-order valence-corrected chi connectivity index (χ4v) is 0. The summed E-state index contributed by atoms with van der Waals surface area (Å²) in [4.78, 5) is 35.6. The van der Waals surface area contributed by atoms with Gasteiger partial charge in [-0.1, -0.05) is 0 Å². The van der Waals surface area contributed by atoms with Crippen molar-refractivity contribution in [2.24, 2.45) is 0 Å². The average molecular weight is 416 g/mol. The first kappa shape index (κ1) is 36.2. The third-order valence-corrected chi connectivity index (χ3v) is 0. The van der Waals surface area contributed by atoms with Gasteiger partial charge in [-0.15, -0.1) is 0 Å². The monoisotopic (exact) mass is 417 g/mol. The fourth-order valence-electron chi connectivity index (χ4n) is 0. The molecule has 0 fully saturated rings. The number of rotatable bonds is 0. The number of hydrogen-bond acceptors (Lipinski definition) is 8. The second kappa shape index (κ2) is 30.3. The van der Waals surface area contributed by atoms with Gasteiger partial charge < -0.3 is 39.6 Å². The molecule has 0 aromatic carbocycles. The summed E-state index contributed by atoms with van der Waals surface area (Å²) >= 11 is 0. The molecule has 0 saturated carbocycles. The zero-order valence-electron chi connectivity index (χ0n) is 10.6. The van der Waals surface area contributed by atoms with Gasteiger partial charge in [0.05, 0.1) is 0 Å². The Morgan fingerprint density at radius 2 is 0.556 bits per heavy atom. The van der Waals surface area contributed by atoms with Crippen LogP contribution in [0.1, 0.15) is 27.7 Å². The van der Waals surface area contributed by atoms with Crippen LogP contribution in [0.3, 0.4) is 0 Å². The predicted molar refractivity (Wildman–Crippen MR) is 42.7 cm³/mol. The van der Waals surface area contributed by atoms with Crippen molar-refractivity contribution in [3.05, 3.63) is 0 Å². The van der Waals surface area contributed by atoms with Crippen molar-refractivity contribution in [3.8, 4) is 0 Å². The van der Waals surface area contributed by atoms with E-state index in [1.54, 1.807) is 0 Å². The molecule has 0 aliphatic carbocycles. The third-order valence-electron chi connectivity index (χ3n) is 0. The van der Waals surface area contributed by atoms with Crippen LogP contribution in [-0.4, -0.2) is 23.9 Å². The van der Waals surface area contributed by atoms with Gasteiger partial charge >= 0.3 is 69.5 Å². The Morgan fingerprint density at radius 1 is 0.556 bits per heavy atom. The van der Waals surface area contributed by atoms with E-state index in [1.807, 2.05) is 0 Å². The molecule has 0 aromatic heterocycles. The van der Waals surface area contributed by atoms with Crippen molar-refractivity contribution < 1.29 is 109 Å². The summed E-state index contributed by atoms with van der Waals surface area (Å²) in [5.74, 6) is -4.33. The van der Waals surface area contributed by atoms with E-state index in [-0.39, 0.29) is 69.5 Å². The second-order valence-corrected chi connectivity index (χ2v) is 1.97. The van der Waals surface area contributed by atoms with E-state index in [0.717, 1.165) is 27.7 Å². The van der Waals surface area contributed by atoms with E-state index in [4.69, 9.17) is 39.6 Å². The van der Waals surface area contributed by atoms with E-state index >= 15 is 0 Å². The number of carboxylic acids is 4. The smallest absolute Gasteiger partial charge is 0.550 e. The van der Waals surface area contributed by atoms with Crippen molar-refractivity contribution >= 4 is 23.9 Å². The Morgan fingerprint density at radius 3 is 0.556 bits per heavy atom. The molecule has 18 heavy (non-hydrogen) atoms. The van der Waals surface area contributed by atoms with Crippen molar-refractivity contribution in [3.63, 3.8) is 0 Å². The molecule has 8 nitrogen and oxygen atoms in total. The zero-order chi connectivity index (χ0) is 14.3. The van der Waals surface area contributed by atoms with Gasteiger partial charge in [-0.25, -0.2) is 0 Å². The average Bonchev–Trinajstić information content (AvgIpc) is 1.76. The van der Waals surface area contributed by atoms with Gasteiger partial charge in [-0.2, -0.15) is 0 Å². The number of carbonyl (C=O) groups is 4. The minimum atomic E-state index is -1.08. The minimum Gasteiger partial charge on any atom is -0.550 e. The Bertz CT molecular complexity index is 167. The summed E-state index contributed by atoms with van der Waals surface area (Å²) in [6, 6.07) is 0. The van der Waals surface area contributed by atoms with Gasteiger partial charge in [0, 0.05) is 23.9 Å². The second-order valence-electron chi connectivity index (χ2n) is 1.97. The summed E-state index contributed by atoms with van der Waals surface area (Å²) in [6.07, 6.45) is 0. The normalized spacial score (nSPS) is 5.56. The molecule has 0 aliphatic rings. The van der Waals surface area contributed by atoms with Crippen molar-refractivity contribution in [1.29, 1.82) is 0 Å². The molecule has 0 atom stereocenters. The number of aliphatic carboxylic acids is 4. The van der Waals surface area contributed by atoms with Gasteiger partial charge in [-0.3, -0.25) is 0 Å². The molecular formula is C8H12GdNaO8. The largest absolute Gasteiger partial charge is 3.00 e. The van der Waals surface area contributed by atoms with E-state index in [1.165, 1.54) is 0 Å². The van der Waals surface area contributed by atoms with Crippen LogP contribution in [-0.2, 0) is 19.2 Å². The minimum absolute atomic E-state index is 0. The SMILES string of the molecule is CC(=O)[O-].CC(=O)[O-].CC(=O)[O-].CC(=O)[O-].[Gd+3].[Na+]. The van der Waals surface area contributed by atoms with E-state index in [0.29, 0.717) is 0 Å². The quantitative estimate of drug-likeness (QED) is 0.352. The summed E-state index contributed by atoms with van der Waals surface area (Å²) in [7, 11) is 0. The zero-order valence-corrected chi connectivity index (χ0v) is 14.9. The van der Waals surface area contributed by atoms with Crippen LogP contribution in [0, 0.1) is 39.9 Å². The predicted octanol–water partition coefficient (Wildman–Crippen LogP) is -7.97. The van der Waals surface area contributed by atoms with E-state index in [9.17, 15) is 0 Å². The van der Waals surface area contributed by atoms with Gasteiger partial charge in [0.15, 0.2) is 0 Å². The van der Waals surface area contributed by atoms with E-state index in [2.05, 4.69) is 0 Å². The Balaban J connectivity index is -0.0000000257. The molecule has 0 bridgehead atoms. The molecule has 0 aliphatic heterocycles. The Labute approximate surface area is 159 Å². The van der Waals surface area contributed by atoms with Gasteiger partial charge in [0.25, 0.3) is 0 Å². The van der Waals surface area contributed by atoms with Crippen LogP contribution < -0.4 is 50.0 Å². The molecule has 0 unspecified atom stereocenters. The van der Waals surface area contributed by atoms with Gasteiger partial charge in [0.1, 0.15) is 0 Å². The molecule has 101 valence electrons. The first-order valence-electron chi connectivity index (χ1n) is 3.63. The maximum atomic E-state index is 8.89. The topological polar surface area (TPSA) is 161 Å². The summed E-state index contributed by atoms with van der Waals surface area (Å²) in [5, 5.41) is 35.6. The molecular weight excluding hydrogens is 404 g/mol. The molecule has 0 amide bonds. The molecule has 0 heterocycles. The van der Waals surface area contributed by atoms with Crippen LogP contribution in [0.25, 0.3) is 0 Å². The summed E-state index contributed by atoms with van der Waals surface area (Å²) < 4.78 is 0. The van der Waals surface area contributed by atoms with Crippen LogP contribution in [0.4, 0.5) is 0 Å². The van der Waals surface area contributed by atoms with E-state index < -0.39 is 23.9 Å². The maximum Gasteiger partial charge on any atom is 3.00 e. The Kier molecular flexibility index (Phi) is 61.0. The van der Waals surface area contributed by atoms with Crippen LogP contribution >= 0.6 is 0 Å². The standard InChI is InChI=1S/4C2H4O2.Gd.Na/c4*1-2(3)4;;/h4*1H3,(H,3,4);;/q;;;;+3;+1/p-4.